The Labute approximate surface area is 130 Å². The summed E-state index contributed by atoms with van der Waals surface area (Å²) in [4.78, 5) is 23.2. The lowest BCUT2D eigenvalue weighted by Crippen LogP contribution is -2.33. The van der Waals surface area contributed by atoms with Gasteiger partial charge >= 0.3 is 5.97 Å². The molecule has 0 radical (unpaired) electrons. The van der Waals surface area contributed by atoms with Crippen molar-refractivity contribution in [2.75, 3.05) is 6.61 Å². The second-order valence-corrected chi connectivity index (χ2v) is 4.84. The predicted octanol–water partition coefficient (Wildman–Crippen LogP) is 2.85. The molecule has 2 aromatic carbocycles. The molecule has 114 valence electrons. The standard InChI is InChI=1S/C18H19NO3/c1-2-17(21)22-13-16(20)19-18(14-9-5-3-6-10-14)15-11-7-4-8-12-15/h3-12,18H,2,13H2,1H3,(H,19,20). The van der Waals surface area contributed by atoms with Crippen LogP contribution in [0.5, 0.6) is 0 Å². The molecule has 0 spiro atoms. The van der Waals surface area contributed by atoms with E-state index >= 15 is 0 Å². The van der Waals surface area contributed by atoms with Gasteiger partial charge in [-0.25, -0.2) is 0 Å². The van der Waals surface area contributed by atoms with E-state index in [-0.39, 0.29) is 30.9 Å². The van der Waals surface area contributed by atoms with Crippen LogP contribution in [-0.2, 0) is 14.3 Å². The Balaban J connectivity index is 2.12. The first kappa shape index (κ1) is 15.8. The molecule has 2 rings (SSSR count). The van der Waals surface area contributed by atoms with Gasteiger partial charge in [-0.1, -0.05) is 67.6 Å². The summed E-state index contributed by atoms with van der Waals surface area (Å²) in [7, 11) is 0. The van der Waals surface area contributed by atoms with Crippen LogP contribution in [0.3, 0.4) is 0 Å². The molecule has 0 aliphatic rings. The zero-order chi connectivity index (χ0) is 15.8. The minimum Gasteiger partial charge on any atom is -0.456 e. The van der Waals surface area contributed by atoms with Crippen LogP contribution in [0.2, 0.25) is 0 Å². The van der Waals surface area contributed by atoms with Crippen LogP contribution in [0.4, 0.5) is 0 Å². The van der Waals surface area contributed by atoms with Crippen molar-refractivity contribution in [1.29, 1.82) is 0 Å². The van der Waals surface area contributed by atoms with Crippen molar-refractivity contribution in [2.24, 2.45) is 0 Å². The molecule has 0 saturated carbocycles. The molecular formula is C18H19NO3. The number of hydrogen-bond donors (Lipinski definition) is 1. The number of carbonyl (C=O) groups excluding carboxylic acids is 2. The summed E-state index contributed by atoms with van der Waals surface area (Å²) in [6, 6.07) is 19.1. The molecule has 0 unspecified atom stereocenters. The van der Waals surface area contributed by atoms with E-state index in [4.69, 9.17) is 4.74 Å². The van der Waals surface area contributed by atoms with Gasteiger partial charge in [0.05, 0.1) is 6.04 Å². The summed E-state index contributed by atoms with van der Waals surface area (Å²) in [5, 5.41) is 2.91. The first-order valence-corrected chi connectivity index (χ1v) is 7.25. The van der Waals surface area contributed by atoms with E-state index in [1.54, 1.807) is 6.92 Å². The molecule has 0 aliphatic carbocycles. The van der Waals surface area contributed by atoms with Crippen molar-refractivity contribution in [1.82, 2.24) is 5.32 Å². The highest BCUT2D eigenvalue weighted by Gasteiger charge is 2.17. The largest absolute Gasteiger partial charge is 0.456 e. The van der Waals surface area contributed by atoms with Gasteiger partial charge in [-0.15, -0.1) is 0 Å². The normalized spacial score (nSPS) is 10.3. The molecule has 4 heteroatoms. The second-order valence-electron chi connectivity index (χ2n) is 4.84. The van der Waals surface area contributed by atoms with Gasteiger partial charge < -0.3 is 10.1 Å². The van der Waals surface area contributed by atoms with Crippen LogP contribution in [-0.4, -0.2) is 18.5 Å². The van der Waals surface area contributed by atoms with E-state index < -0.39 is 0 Å². The van der Waals surface area contributed by atoms with Crippen LogP contribution >= 0.6 is 0 Å². The number of rotatable bonds is 6. The average Bonchev–Trinajstić information content (AvgIpc) is 2.59. The van der Waals surface area contributed by atoms with Gasteiger partial charge in [0.15, 0.2) is 6.61 Å². The molecule has 0 heterocycles. The lowest BCUT2D eigenvalue weighted by molar-refractivity contribution is -0.148. The van der Waals surface area contributed by atoms with E-state index in [9.17, 15) is 9.59 Å². The van der Waals surface area contributed by atoms with Gasteiger partial charge in [0.1, 0.15) is 0 Å². The first-order chi connectivity index (χ1) is 10.7. The molecule has 22 heavy (non-hydrogen) atoms. The van der Waals surface area contributed by atoms with Gasteiger partial charge in [-0.05, 0) is 11.1 Å². The number of nitrogens with one attached hydrogen (secondary N) is 1. The van der Waals surface area contributed by atoms with Gasteiger partial charge in [-0.2, -0.15) is 0 Å². The second kappa shape index (κ2) is 7.98. The quantitative estimate of drug-likeness (QED) is 0.834. The number of benzene rings is 2. The Morgan fingerprint density at radius 1 is 0.955 bits per heavy atom. The maximum Gasteiger partial charge on any atom is 0.306 e. The minimum atomic E-state index is -0.383. The van der Waals surface area contributed by atoms with Crippen LogP contribution < -0.4 is 5.32 Å². The lowest BCUT2D eigenvalue weighted by atomic mass is 9.99. The zero-order valence-corrected chi connectivity index (χ0v) is 12.5. The van der Waals surface area contributed by atoms with Crippen LogP contribution in [0.1, 0.15) is 30.5 Å². The van der Waals surface area contributed by atoms with Crippen molar-refractivity contribution < 1.29 is 14.3 Å². The third-order valence-corrected chi connectivity index (χ3v) is 3.22. The predicted molar refractivity (Wildman–Crippen MR) is 84.1 cm³/mol. The molecule has 1 amide bonds. The van der Waals surface area contributed by atoms with E-state index in [0.717, 1.165) is 11.1 Å². The molecule has 0 atom stereocenters. The van der Waals surface area contributed by atoms with Crippen molar-refractivity contribution in [3.63, 3.8) is 0 Å². The molecule has 0 aromatic heterocycles. The fourth-order valence-corrected chi connectivity index (χ4v) is 2.10. The zero-order valence-electron chi connectivity index (χ0n) is 12.5. The molecule has 0 bridgehead atoms. The smallest absolute Gasteiger partial charge is 0.306 e. The average molecular weight is 297 g/mol. The molecule has 2 aromatic rings. The Kier molecular flexibility index (Phi) is 5.72. The van der Waals surface area contributed by atoms with Crippen LogP contribution in [0.25, 0.3) is 0 Å². The third-order valence-electron chi connectivity index (χ3n) is 3.22. The molecule has 1 N–H and O–H groups in total. The Hall–Kier alpha value is -2.62. The highest BCUT2D eigenvalue weighted by atomic mass is 16.5. The third kappa shape index (κ3) is 4.45. The first-order valence-electron chi connectivity index (χ1n) is 7.25. The monoisotopic (exact) mass is 297 g/mol. The Morgan fingerprint density at radius 3 is 1.91 bits per heavy atom. The van der Waals surface area contributed by atoms with E-state index in [0.29, 0.717) is 0 Å². The van der Waals surface area contributed by atoms with Gasteiger partial charge in [-0.3, -0.25) is 9.59 Å². The highest BCUT2D eigenvalue weighted by Crippen LogP contribution is 2.21. The molecular weight excluding hydrogens is 278 g/mol. The number of amides is 1. The fraction of sp³-hybridized carbons (Fsp3) is 0.222. The minimum absolute atomic E-state index is 0.258. The number of hydrogen-bond acceptors (Lipinski definition) is 3. The number of ether oxygens (including phenoxy) is 1. The summed E-state index contributed by atoms with van der Waals surface area (Å²) in [5.74, 6) is -0.703. The summed E-state index contributed by atoms with van der Waals surface area (Å²) < 4.78 is 4.87. The fourth-order valence-electron chi connectivity index (χ4n) is 2.10. The Morgan fingerprint density at radius 2 is 1.45 bits per heavy atom. The van der Waals surface area contributed by atoms with Gasteiger partial charge in [0.25, 0.3) is 5.91 Å². The molecule has 0 saturated heterocycles. The van der Waals surface area contributed by atoms with Crippen molar-refractivity contribution in [2.45, 2.75) is 19.4 Å². The van der Waals surface area contributed by atoms with E-state index in [1.807, 2.05) is 60.7 Å². The highest BCUT2D eigenvalue weighted by molar-refractivity contribution is 5.81. The van der Waals surface area contributed by atoms with Crippen molar-refractivity contribution in [3.05, 3.63) is 71.8 Å². The van der Waals surface area contributed by atoms with Crippen LogP contribution in [0.15, 0.2) is 60.7 Å². The SMILES string of the molecule is CCC(=O)OCC(=O)NC(c1ccccc1)c1ccccc1. The van der Waals surface area contributed by atoms with Crippen LogP contribution in [0, 0.1) is 0 Å². The Bertz CT molecular complexity index is 571. The molecule has 4 nitrogen and oxygen atoms in total. The van der Waals surface area contributed by atoms with Gasteiger partial charge in [0.2, 0.25) is 0 Å². The number of carbonyl (C=O) groups is 2. The maximum atomic E-state index is 12.0. The van der Waals surface area contributed by atoms with Gasteiger partial charge in [0, 0.05) is 6.42 Å². The van der Waals surface area contributed by atoms with Crippen molar-refractivity contribution >= 4 is 11.9 Å². The summed E-state index contributed by atoms with van der Waals surface area (Å²) in [5.41, 5.74) is 1.95. The van der Waals surface area contributed by atoms with E-state index in [2.05, 4.69) is 5.32 Å². The summed E-state index contributed by atoms with van der Waals surface area (Å²) in [6.45, 7) is 1.43. The number of esters is 1. The molecule has 0 aliphatic heterocycles. The maximum absolute atomic E-state index is 12.0. The summed E-state index contributed by atoms with van der Waals surface area (Å²) in [6.07, 6.45) is 0.258. The topological polar surface area (TPSA) is 55.4 Å². The lowest BCUT2D eigenvalue weighted by Gasteiger charge is -2.19. The summed E-state index contributed by atoms with van der Waals surface area (Å²) >= 11 is 0. The van der Waals surface area contributed by atoms with Crippen molar-refractivity contribution in [3.8, 4) is 0 Å². The van der Waals surface area contributed by atoms with E-state index in [1.165, 1.54) is 0 Å². The molecule has 0 fully saturated rings.